The highest BCUT2D eigenvalue weighted by atomic mass is 35.5. The van der Waals surface area contributed by atoms with Gasteiger partial charge in [-0.2, -0.15) is 0 Å². The van der Waals surface area contributed by atoms with Gasteiger partial charge in [0.15, 0.2) is 0 Å². The van der Waals surface area contributed by atoms with Crippen LogP contribution in [0.2, 0.25) is 5.02 Å². The van der Waals surface area contributed by atoms with Gasteiger partial charge in [-0.1, -0.05) is 23.7 Å². The zero-order valence-electron chi connectivity index (χ0n) is 11.0. The maximum absolute atomic E-state index is 12.1. The van der Waals surface area contributed by atoms with Crippen LogP contribution in [0, 0.1) is 5.92 Å². The number of amides is 1. The van der Waals surface area contributed by atoms with E-state index in [9.17, 15) is 4.79 Å². The van der Waals surface area contributed by atoms with Crippen LogP contribution in [0.1, 0.15) is 31.4 Å². The average molecular weight is 303 g/mol. The van der Waals surface area contributed by atoms with Crippen molar-refractivity contribution in [3.63, 3.8) is 0 Å². The molecular weight excluding hydrogens is 283 g/mol. The summed E-state index contributed by atoms with van der Waals surface area (Å²) in [7, 11) is 0. The van der Waals surface area contributed by atoms with E-state index in [1.807, 2.05) is 31.2 Å². The molecule has 1 heterocycles. The van der Waals surface area contributed by atoms with Crippen LogP contribution in [-0.2, 0) is 4.79 Å². The number of halogens is 2. The summed E-state index contributed by atoms with van der Waals surface area (Å²) in [5, 5.41) is 7.04. The molecule has 5 heteroatoms. The van der Waals surface area contributed by atoms with Gasteiger partial charge in [0.25, 0.3) is 0 Å². The van der Waals surface area contributed by atoms with Crippen molar-refractivity contribution in [1.82, 2.24) is 10.6 Å². The second-order valence-electron chi connectivity index (χ2n) is 4.83. The van der Waals surface area contributed by atoms with Gasteiger partial charge in [0.2, 0.25) is 5.91 Å². The molecule has 2 rings (SSSR count). The lowest BCUT2D eigenvalue weighted by molar-refractivity contribution is -0.126. The molecule has 2 N–H and O–H groups in total. The van der Waals surface area contributed by atoms with Crippen LogP contribution >= 0.6 is 24.0 Å². The smallest absolute Gasteiger partial charge is 0.224 e. The first-order chi connectivity index (χ1) is 8.66. The summed E-state index contributed by atoms with van der Waals surface area (Å²) in [6.45, 7) is 3.81. The number of carbonyl (C=O) groups excluding carboxylic acids is 1. The first-order valence-corrected chi connectivity index (χ1v) is 6.81. The Morgan fingerprint density at radius 3 is 2.68 bits per heavy atom. The highest BCUT2D eigenvalue weighted by Gasteiger charge is 2.22. The molecule has 0 saturated carbocycles. The minimum Gasteiger partial charge on any atom is -0.349 e. The predicted molar refractivity (Wildman–Crippen MR) is 80.9 cm³/mol. The van der Waals surface area contributed by atoms with Crippen LogP contribution in [0.15, 0.2) is 24.3 Å². The Hall–Kier alpha value is -0.770. The number of benzene rings is 1. The van der Waals surface area contributed by atoms with Crippen LogP contribution in [0.4, 0.5) is 0 Å². The number of hydrogen-bond acceptors (Lipinski definition) is 2. The molecule has 1 fully saturated rings. The summed E-state index contributed by atoms with van der Waals surface area (Å²) in [6.07, 6.45) is 2.06. The Bertz CT molecular complexity index is 402. The summed E-state index contributed by atoms with van der Waals surface area (Å²) in [5.41, 5.74) is 1.08. The molecule has 1 amide bonds. The number of hydrogen-bond donors (Lipinski definition) is 2. The molecule has 2 unspecified atom stereocenters. The fourth-order valence-corrected chi connectivity index (χ4v) is 2.37. The van der Waals surface area contributed by atoms with E-state index >= 15 is 0 Å². The molecule has 2 atom stereocenters. The van der Waals surface area contributed by atoms with Crippen molar-refractivity contribution < 1.29 is 4.79 Å². The van der Waals surface area contributed by atoms with Crippen LogP contribution in [0.25, 0.3) is 0 Å². The van der Waals surface area contributed by atoms with Gasteiger partial charge in [0.05, 0.1) is 12.0 Å². The Kier molecular flexibility index (Phi) is 6.63. The van der Waals surface area contributed by atoms with E-state index in [0.717, 1.165) is 31.5 Å². The summed E-state index contributed by atoms with van der Waals surface area (Å²) >= 11 is 5.85. The number of nitrogens with one attached hydrogen (secondary N) is 2. The molecule has 0 radical (unpaired) electrons. The normalized spacial score (nSPS) is 20.2. The Labute approximate surface area is 125 Å². The van der Waals surface area contributed by atoms with Crippen LogP contribution in [-0.4, -0.2) is 19.0 Å². The van der Waals surface area contributed by atoms with Crippen molar-refractivity contribution in [1.29, 1.82) is 0 Å². The van der Waals surface area contributed by atoms with Crippen LogP contribution < -0.4 is 10.6 Å². The largest absolute Gasteiger partial charge is 0.349 e. The van der Waals surface area contributed by atoms with Gasteiger partial charge < -0.3 is 10.6 Å². The van der Waals surface area contributed by atoms with Gasteiger partial charge in [-0.15, -0.1) is 12.4 Å². The molecular formula is C14H20Cl2N2O. The number of rotatable bonds is 3. The van der Waals surface area contributed by atoms with E-state index in [1.54, 1.807) is 0 Å². The molecule has 19 heavy (non-hydrogen) atoms. The van der Waals surface area contributed by atoms with Crippen molar-refractivity contribution in [3.05, 3.63) is 34.9 Å². The summed E-state index contributed by atoms with van der Waals surface area (Å²) in [4.78, 5) is 12.1. The van der Waals surface area contributed by atoms with Crippen molar-refractivity contribution in [2.45, 2.75) is 25.8 Å². The van der Waals surface area contributed by atoms with Gasteiger partial charge in [0.1, 0.15) is 0 Å². The maximum Gasteiger partial charge on any atom is 0.224 e. The molecule has 1 aromatic carbocycles. The summed E-state index contributed by atoms with van der Waals surface area (Å²) in [6, 6.07) is 7.62. The fraction of sp³-hybridized carbons (Fsp3) is 0.500. The standard InChI is InChI=1S/C14H19ClN2O.ClH/c1-10(11-4-6-13(15)7-5-11)17-14(18)12-3-2-8-16-9-12;/h4-7,10,12,16H,2-3,8-9H2,1H3,(H,17,18);1H. The molecule has 0 bridgehead atoms. The number of piperidine rings is 1. The highest BCUT2D eigenvalue weighted by Crippen LogP contribution is 2.17. The van der Waals surface area contributed by atoms with E-state index in [-0.39, 0.29) is 30.3 Å². The third-order valence-electron chi connectivity index (χ3n) is 3.40. The van der Waals surface area contributed by atoms with Crippen molar-refractivity contribution >= 4 is 29.9 Å². The minimum atomic E-state index is 0. The quantitative estimate of drug-likeness (QED) is 0.901. The van der Waals surface area contributed by atoms with Crippen molar-refractivity contribution in [2.24, 2.45) is 5.92 Å². The van der Waals surface area contributed by atoms with E-state index in [0.29, 0.717) is 5.02 Å². The zero-order chi connectivity index (χ0) is 13.0. The predicted octanol–water partition coefficient (Wildman–Crippen LogP) is 2.94. The van der Waals surface area contributed by atoms with Gasteiger partial charge in [-0.05, 0) is 44.0 Å². The molecule has 1 aliphatic heterocycles. The van der Waals surface area contributed by atoms with E-state index in [2.05, 4.69) is 10.6 Å². The Balaban J connectivity index is 0.00000180. The molecule has 1 saturated heterocycles. The van der Waals surface area contributed by atoms with E-state index in [4.69, 9.17) is 11.6 Å². The highest BCUT2D eigenvalue weighted by molar-refractivity contribution is 6.30. The molecule has 0 aromatic heterocycles. The van der Waals surface area contributed by atoms with E-state index < -0.39 is 0 Å². The molecule has 0 aliphatic carbocycles. The van der Waals surface area contributed by atoms with Crippen LogP contribution in [0.3, 0.4) is 0 Å². The fourth-order valence-electron chi connectivity index (χ4n) is 2.24. The topological polar surface area (TPSA) is 41.1 Å². The Morgan fingerprint density at radius 2 is 2.11 bits per heavy atom. The molecule has 0 spiro atoms. The average Bonchev–Trinajstić information content (AvgIpc) is 2.40. The van der Waals surface area contributed by atoms with Crippen LogP contribution in [0.5, 0.6) is 0 Å². The third kappa shape index (κ3) is 4.68. The molecule has 106 valence electrons. The summed E-state index contributed by atoms with van der Waals surface area (Å²) in [5.74, 6) is 0.248. The maximum atomic E-state index is 12.1. The monoisotopic (exact) mass is 302 g/mol. The second kappa shape index (κ2) is 7.73. The molecule has 1 aliphatic rings. The second-order valence-corrected chi connectivity index (χ2v) is 5.26. The van der Waals surface area contributed by atoms with Gasteiger partial charge >= 0.3 is 0 Å². The van der Waals surface area contributed by atoms with Crippen molar-refractivity contribution in [3.8, 4) is 0 Å². The first kappa shape index (κ1) is 16.3. The lowest BCUT2D eigenvalue weighted by atomic mass is 9.98. The minimum absolute atomic E-state index is 0. The summed E-state index contributed by atoms with van der Waals surface area (Å²) < 4.78 is 0. The SMILES string of the molecule is CC(NC(=O)C1CCCNC1)c1ccc(Cl)cc1.Cl. The molecule has 3 nitrogen and oxygen atoms in total. The van der Waals surface area contributed by atoms with Gasteiger partial charge in [-0.25, -0.2) is 0 Å². The van der Waals surface area contributed by atoms with Gasteiger partial charge in [0, 0.05) is 11.6 Å². The molecule has 1 aromatic rings. The van der Waals surface area contributed by atoms with Gasteiger partial charge in [-0.3, -0.25) is 4.79 Å². The van der Waals surface area contributed by atoms with Crippen molar-refractivity contribution in [2.75, 3.05) is 13.1 Å². The first-order valence-electron chi connectivity index (χ1n) is 6.43. The van der Waals surface area contributed by atoms with E-state index in [1.165, 1.54) is 0 Å². The number of carbonyl (C=O) groups is 1. The zero-order valence-corrected chi connectivity index (χ0v) is 12.6. The Morgan fingerprint density at radius 1 is 1.42 bits per heavy atom. The third-order valence-corrected chi connectivity index (χ3v) is 3.65. The lowest BCUT2D eigenvalue weighted by Crippen LogP contribution is -2.41. The lowest BCUT2D eigenvalue weighted by Gasteiger charge is -2.24.